The zero-order valence-electron chi connectivity index (χ0n) is 9.80. The number of aliphatic carboxylic acids is 1. The van der Waals surface area contributed by atoms with Gasteiger partial charge in [0, 0.05) is 18.2 Å². The lowest BCUT2D eigenvalue weighted by Crippen LogP contribution is -2.17. The molecule has 1 unspecified atom stereocenters. The highest BCUT2D eigenvalue weighted by molar-refractivity contribution is 5.94. The topological polar surface area (TPSA) is 84.2 Å². The predicted molar refractivity (Wildman–Crippen MR) is 60.4 cm³/mol. The smallest absolute Gasteiger partial charge is 0.325 e. The van der Waals surface area contributed by atoms with E-state index in [2.05, 4.69) is 10.4 Å². The summed E-state index contributed by atoms with van der Waals surface area (Å²) < 4.78 is 1.27. The van der Waals surface area contributed by atoms with Gasteiger partial charge in [-0.3, -0.25) is 14.3 Å². The average Bonchev–Trinajstić information content (AvgIpc) is 2.63. The second kappa shape index (κ2) is 3.87. The van der Waals surface area contributed by atoms with Crippen LogP contribution in [0.5, 0.6) is 0 Å². The van der Waals surface area contributed by atoms with Gasteiger partial charge in [0.05, 0.1) is 0 Å². The van der Waals surface area contributed by atoms with Crippen molar-refractivity contribution in [1.82, 2.24) is 9.78 Å². The molecule has 92 valence electrons. The molecule has 1 aliphatic carbocycles. The Morgan fingerprint density at radius 2 is 2.29 bits per heavy atom. The standard InChI is InChI=1S/C11H15N3O3/c1-11(2)5-7(11)10(17)12-8-3-4-14(13-8)6-9(15)16/h3-4,7H,5-6H2,1-2H3,(H,15,16)(H,12,13,17). The summed E-state index contributed by atoms with van der Waals surface area (Å²) in [5, 5.41) is 15.2. The SMILES string of the molecule is CC1(C)CC1C(=O)Nc1ccn(CC(=O)O)n1. The van der Waals surface area contributed by atoms with Gasteiger partial charge in [0.1, 0.15) is 6.54 Å². The van der Waals surface area contributed by atoms with E-state index in [9.17, 15) is 9.59 Å². The molecule has 0 spiro atoms. The molecule has 1 saturated carbocycles. The van der Waals surface area contributed by atoms with E-state index in [1.807, 2.05) is 13.8 Å². The third-order valence-electron chi connectivity index (χ3n) is 3.02. The molecule has 6 heteroatoms. The monoisotopic (exact) mass is 237 g/mol. The third-order valence-corrected chi connectivity index (χ3v) is 3.02. The first-order valence-electron chi connectivity index (χ1n) is 5.44. The van der Waals surface area contributed by atoms with Crippen molar-refractivity contribution in [2.75, 3.05) is 5.32 Å². The Hall–Kier alpha value is -1.85. The number of carbonyl (C=O) groups is 2. The maximum atomic E-state index is 11.7. The second-order valence-corrected chi connectivity index (χ2v) is 5.03. The van der Waals surface area contributed by atoms with Gasteiger partial charge in [0.2, 0.25) is 5.91 Å². The Kier molecular flexibility index (Phi) is 2.65. The minimum Gasteiger partial charge on any atom is -0.480 e. The largest absolute Gasteiger partial charge is 0.480 e. The number of carboxylic acid groups (broad SMARTS) is 1. The van der Waals surface area contributed by atoms with Crippen LogP contribution in [0, 0.1) is 11.3 Å². The van der Waals surface area contributed by atoms with Crippen molar-refractivity contribution < 1.29 is 14.7 Å². The minimum absolute atomic E-state index is 0.0344. The summed E-state index contributed by atoms with van der Waals surface area (Å²) in [6.07, 6.45) is 2.41. The number of carbonyl (C=O) groups excluding carboxylic acids is 1. The van der Waals surface area contributed by atoms with Gasteiger partial charge in [-0.15, -0.1) is 0 Å². The molecule has 0 saturated heterocycles. The first-order valence-corrected chi connectivity index (χ1v) is 5.44. The Balaban J connectivity index is 1.93. The van der Waals surface area contributed by atoms with Crippen molar-refractivity contribution in [2.45, 2.75) is 26.8 Å². The number of amides is 1. The molecule has 2 N–H and O–H groups in total. The molecule has 6 nitrogen and oxygen atoms in total. The van der Waals surface area contributed by atoms with Crippen LogP contribution in [0.15, 0.2) is 12.3 Å². The summed E-state index contributed by atoms with van der Waals surface area (Å²) in [4.78, 5) is 22.2. The zero-order valence-corrected chi connectivity index (χ0v) is 9.80. The first-order chi connectivity index (χ1) is 7.88. The van der Waals surface area contributed by atoms with Crippen LogP contribution in [0.1, 0.15) is 20.3 Å². The Labute approximate surface area is 98.6 Å². The van der Waals surface area contributed by atoms with Crippen LogP contribution >= 0.6 is 0 Å². The molecule has 0 aromatic carbocycles. The fourth-order valence-electron chi connectivity index (χ4n) is 1.78. The molecular formula is C11H15N3O3. The van der Waals surface area contributed by atoms with Gasteiger partial charge in [-0.1, -0.05) is 13.8 Å². The van der Waals surface area contributed by atoms with Gasteiger partial charge in [0.15, 0.2) is 5.82 Å². The van der Waals surface area contributed by atoms with Crippen LogP contribution in [0.4, 0.5) is 5.82 Å². The lowest BCUT2D eigenvalue weighted by atomic mass is 10.1. The summed E-state index contributed by atoms with van der Waals surface area (Å²) in [7, 11) is 0. The number of hydrogen-bond acceptors (Lipinski definition) is 3. The van der Waals surface area contributed by atoms with E-state index < -0.39 is 5.97 Å². The number of anilines is 1. The summed E-state index contributed by atoms with van der Waals surface area (Å²) in [5.41, 5.74) is 0.0771. The van der Waals surface area contributed by atoms with Crippen LogP contribution in [-0.2, 0) is 16.1 Å². The molecule has 1 heterocycles. The van der Waals surface area contributed by atoms with E-state index in [-0.39, 0.29) is 23.8 Å². The number of hydrogen-bond donors (Lipinski definition) is 2. The maximum Gasteiger partial charge on any atom is 0.325 e. The highest BCUT2D eigenvalue weighted by atomic mass is 16.4. The van der Waals surface area contributed by atoms with E-state index in [0.29, 0.717) is 5.82 Å². The molecule has 0 bridgehead atoms. The van der Waals surface area contributed by atoms with Crippen molar-refractivity contribution in [3.8, 4) is 0 Å². The lowest BCUT2D eigenvalue weighted by Gasteiger charge is -2.03. The first kappa shape index (κ1) is 11.6. The molecule has 1 aliphatic rings. The molecule has 1 aromatic heterocycles. The molecule has 1 amide bonds. The van der Waals surface area contributed by atoms with E-state index in [0.717, 1.165) is 6.42 Å². The molecule has 0 radical (unpaired) electrons. The number of nitrogens with one attached hydrogen (secondary N) is 1. The molecule has 2 rings (SSSR count). The molecule has 1 aromatic rings. The van der Waals surface area contributed by atoms with E-state index in [4.69, 9.17) is 5.11 Å². The van der Waals surface area contributed by atoms with E-state index in [1.165, 1.54) is 10.9 Å². The summed E-state index contributed by atoms with van der Waals surface area (Å²) >= 11 is 0. The summed E-state index contributed by atoms with van der Waals surface area (Å²) in [6.45, 7) is 3.88. The summed E-state index contributed by atoms with van der Waals surface area (Å²) in [5.74, 6) is -0.573. The predicted octanol–water partition coefficient (Wildman–Crippen LogP) is 0.952. The zero-order chi connectivity index (χ0) is 12.6. The number of rotatable bonds is 4. The third kappa shape index (κ3) is 2.64. The van der Waals surface area contributed by atoms with Crippen molar-refractivity contribution in [3.05, 3.63) is 12.3 Å². The number of nitrogens with zero attached hydrogens (tertiary/aromatic N) is 2. The van der Waals surface area contributed by atoms with Crippen molar-refractivity contribution in [1.29, 1.82) is 0 Å². The van der Waals surface area contributed by atoms with Crippen molar-refractivity contribution in [2.24, 2.45) is 11.3 Å². The lowest BCUT2D eigenvalue weighted by molar-refractivity contribution is -0.137. The van der Waals surface area contributed by atoms with Gasteiger partial charge in [-0.2, -0.15) is 5.10 Å². The Bertz CT molecular complexity index is 464. The van der Waals surface area contributed by atoms with E-state index >= 15 is 0 Å². The second-order valence-electron chi connectivity index (χ2n) is 5.03. The fourth-order valence-corrected chi connectivity index (χ4v) is 1.78. The van der Waals surface area contributed by atoms with Gasteiger partial charge in [-0.05, 0) is 11.8 Å². The van der Waals surface area contributed by atoms with Crippen LogP contribution < -0.4 is 5.32 Å². The molecule has 17 heavy (non-hydrogen) atoms. The van der Waals surface area contributed by atoms with Crippen LogP contribution in [-0.4, -0.2) is 26.8 Å². The fraction of sp³-hybridized carbons (Fsp3) is 0.545. The van der Waals surface area contributed by atoms with Gasteiger partial charge in [0.25, 0.3) is 0 Å². The number of aromatic nitrogens is 2. The van der Waals surface area contributed by atoms with Crippen molar-refractivity contribution >= 4 is 17.7 Å². The number of carboxylic acids is 1. The minimum atomic E-state index is -0.964. The summed E-state index contributed by atoms with van der Waals surface area (Å²) in [6, 6.07) is 1.59. The molecular weight excluding hydrogens is 222 g/mol. The molecule has 0 aliphatic heterocycles. The van der Waals surface area contributed by atoms with Crippen LogP contribution in [0.2, 0.25) is 0 Å². The highest BCUT2D eigenvalue weighted by Crippen LogP contribution is 2.51. The normalized spacial score (nSPS) is 20.9. The molecule has 1 fully saturated rings. The van der Waals surface area contributed by atoms with Gasteiger partial charge < -0.3 is 10.4 Å². The Morgan fingerprint density at radius 3 is 2.82 bits per heavy atom. The van der Waals surface area contributed by atoms with Gasteiger partial charge >= 0.3 is 5.97 Å². The average molecular weight is 237 g/mol. The quantitative estimate of drug-likeness (QED) is 0.816. The maximum absolute atomic E-state index is 11.7. The van der Waals surface area contributed by atoms with Crippen LogP contribution in [0.25, 0.3) is 0 Å². The van der Waals surface area contributed by atoms with Gasteiger partial charge in [-0.25, -0.2) is 0 Å². The highest BCUT2D eigenvalue weighted by Gasteiger charge is 2.50. The van der Waals surface area contributed by atoms with E-state index in [1.54, 1.807) is 6.07 Å². The van der Waals surface area contributed by atoms with Crippen LogP contribution in [0.3, 0.4) is 0 Å². The Morgan fingerprint density at radius 1 is 1.65 bits per heavy atom. The van der Waals surface area contributed by atoms with Crippen molar-refractivity contribution in [3.63, 3.8) is 0 Å². The molecule has 1 atom stereocenters.